The molecule has 37 heavy (non-hydrogen) atoms. The average molecular weight is 512 g/mol. The van der Waals surface area contributed by atoms with Crippen molar-refractivity contribution >= 4 is 16.7 Å². The van der Waals surface area contributed by atoms with E-state index in [0.717, 1.165) is 40.5 Å². The molecule has 4 aliphatic carbocycles. The van der Waals surface area contributed by atoms with Gasteiger partial charge in [-0.05, 0) is 110 Å². The second-order valence-electron chi connectivity index (χ2n) is 12.1. The SMILES string of the molecule is Cc1cc([S+](c2ccccc2)c2ccccc2)cc(C)c1OCC(=O)CC1(C)C2CC3CC(C2)CC1C3. The average Bonchev–Trinajstić information content (AvgIpc) is 2.88. The molecule has 4 aliphatic rings. The van der Waals surface area contributed by atoms with Gasteiger partial charge in [0.05, 0.1) is 10.9 Å². The van der Waals surface area contributed by atoms with Crippen LogP contribution in [-0.2, 0) is 15.7 Å². The Morgan fingerprint density at radius 3 is 1.76 bits per heavy atom. The standard InChI is InChI=1S/C34H39O2S/c1-23-14-32(37(30-10-6-4-7-11-30)31-12-8-5-9-13-31)15-24(2)33(23)36-22-29(35)21-34(3)27-17-25-16-26(19-27)20-28(34)18-25/h4-15,25-28H,16-22H2,1-3H3/q+1. The van der Waals surface area contributed by atoms with Crippen molar-refractivity contribution in [3.05, 3.63) is 83.9 Å². The summed E-state index contributed by atoms with van der Waals surface area (Å²) in [5.41, 5.74) is 2.39. The summed E-state index contributed by atoms with van der Waals surface area (Å²) in [6.45, 7) is 6.84. The van der Waals surface area contributed by atoms with E-state index in [0.29, 0.717) is 6.42 Å². The van der Waals surface area contributed by atoms with Gasteiger partial charge in [-0.25, -0.2) is 0 Å². The third-order valence-corrected chi connectivity index (χ3v) is 11.8. The number of rotatable bonds is 8. The summed E-state index contributed by atoms with van der Waals surface area (Å²) in [5.74, 6) is 4.49. The summed E-state index contributed by atoms with van der Waals surface area (Å²) in [5, 5.41) is 0. The second-order valence-corrected chi connectivity index (χ2v) is 14.2. The Kier molecular flexibility index (Phi) is 6.69. The van der Waals surface area contributed by atoms with Gasteiger partial charge in [0.1, 0.15) is 12.4 Å². The van der Waals surface area contributed by atoms with Crippen LogP contribution in [0.5, 0.6) is 5.75 Å². The molecule has 3 aromatic rings. The molecule has 0 spiro atoms. The molecule has 4 bridgehead atoms. The van der Waals surface area contributed by atoms with Crippen LogP contribution in [0.2, 0.25) is 0 Å². The molecular formula is C34H39O2S+. The Morgan fingerprint density at radius 2 is 1.27 bits per heavy atom. The van der Waals surface area contributed by atoms with E-state index >= 15 is 0 Å². The highest BCUT2D eigenvalue weighted by Gasteiger charge is 2.55. The minimum atomic E-state index is -0.191. The Balaban J connectivity index is 1.19. The van der Waals surface area contributed by atoms with Crippen LogP contribution < -0.4 is 4.74 Å². The molecule has 3 heteroatoms. The highest BCUT2D eigenvalue weighted by Crippen LogP contribution is 2.63. The molecule has 192 valence electrons. The zero-order valence-electron chi connectivity index (χ0n) is 22.4. The van der Waals surface area contributed by atoms with Crippen LogP contribution in [0.25, 0.3) is 0 Å². The van der Waals surface area contributed by atoms with Gasteiger partial charge in [0.25, 0.3) is 0 Å². The molecule has 0 amide bonds. The lowest BCUT2D eigenvalue weighted by molar-refractivity contribution is -0.137. The molecule has 0 N–H and O–H groups in total. The van der Waals surface area contributed by atoms with Crippen LogP contribution in [0.4, 0.5) is 0 Å². The van der Waals surface area contributed by atoms with Crippen LogP contribution >= 0.6 is 0 Å². The van der Waals surface area contributed by atoms with Gasteiger partial charge in [0.15, 0.2) is 20.5 Å². The first kappa shape index (κ1) is 24.8. The largest absolute Gasteiger partial charge is 0.485 e. The van der Waals surface area contributed by atoms with Gasteiger partial charge in [0, 0.05) is 18.6 Å². The molecular weight excluding hydrogens is 472 g/mol. The third-order valence-electron chi connectivity index (χ3n) is 9.59. The Bertz CT molecular complexity index is 1170. The van der Waals surface area contributed by atoms with Crippen molar-refractivity contribution in [2.45, 2.75) is 74.0 Å². The van der Waals surface area contributed by atoms with Gasteiger partial charge in [-0.1, -0.05) is 43.3 Å². The van der Waals surface area contributed by atoms with Crippen molar-refractivity contribution in [2.75, 3.05) is 6.61 Å². The molecule has 0 unspecified atom stereocenters. The van der Waals surface area contributed by atoms with E-state index < -0.39 is 0 Å². The minimum absolute atomic E-state index is 0.182. The van der Waals surface area contributed by atoms with Crippen molar-refractivity contribution < 1.29 is 9.53 Å². The summed E-state index contributed by atoms with van der Waals surface area (Å²) in [6, 6.07) is 26.0. The van der Waals surface area contributed by atoms with Crippen molar-refractivity contribution in [1.29, 1.82) is 0 Å². The first-order chi connectivity index (χ1) is 17.9. The maximum Gasteiger partial charge on any atom is 0.170 e. The first-order valence-electron chi connectivity index (χ1n) is 14.0. The van der Waals surface area contributed by atoms with Crippen molar-refractivity contribution in [3.8, 4) is 5.75 Å². The number of carbonyl (C=O) groups excluding carboxylic acids is 1. The molecule has 4 fully saturated rings. The van der Waals surface area contributed by atoms with Gasteiger partial charge in [-0.15, -0.1) is 0 Å². The molecule has 0 aromatic heterocycles. The summed E-state index contributed by atoms with van der Waals surface area (Å²) < 4.78 is 6.27. The Morgan fingerprint density at radius 1 is 0.784 bits per heavy atom. The van der Waals surface area contributed by atoms with E-state index in [4.69, 9.17) is 4.74 Å². The molecule has 0 saturated heterocycles. The van der Waals surface area contributed by atoms with E-state index in [2.05, 4.69) is 93.6 Å². The summed E-state index contributed by atoms with van der Waals surface area (Å²) in [4.78, 5) is 17.2. The summed E-state index contributed by atoms with van der Waals surface area (Å²) in [7, 11) is -0.191. The van der Waals surface area contributed by atoms with E-state index in [1.165, 1.54) is 46.8 Å². The Hall–Kier alpha value is -2.52. The highest BCUT2D eigenvalue weighted by atomic mass is 32.2. The predicted octanol–water partition coefficient (Wildman–Crippen LogP) is 8.20. The van der Waals surface area contributed by atoms with E-state index in [-0.39, 0.29) is 28.7 Å². The fourth-order valence-electron chi connectivity index (χ4n) is 7.96. The smallest absolute Gasteiger partial charge is 0.170 e. The Labute approximate surface area is 225 Å². The normalized spacial score (nSPS) is 28.0. The number of ether oxygens (including phenoxy) is 1. The first-order valence-corrected chi connectivity index (χ1v) is 15.2. The van der Waals surface area contributed by atoms with Gasteiger partial charge in [0.2, 0.25) is 0 Å². The highest BCUT2D eigenvalue weighted by molar-refractivity contribution is 7.97. The number of ketones is 1. The second kappa shape index (κ2) is 9.98. The van der Waals surface area contributed by atoms with Gasteiger partial charge in [-0.3, -0.25) is 4.79 Å². The number of carbonyl (C=O) groups is 1. The van der Waals surface area contributed by atoms with Crippen LogP contribution in [0.1, 0.15) is 56.6 Å². The van der Waals surface area contributed by atoms with E-state index in [1.807, 2.05) is 0 Å². The van der Waals surface area contributed by atoms with Gasteiger partial charge < -0.3 is 4.74 Å². The molecule has 0 atom stereocenters. The van der Waals surface area contributed by atoms with E-state index in [1.54, 1.807) is 0 Å². The number of benzene rings is 3. The maximum absolute atomic E-state index is 13.3. The van der Waals surface area contributed by atoms with Crippen molar-refractivity contribution in [2.24, 2.45) is 29.1 Å². The number of aryl methyl sites for hydroxylation is 2. The van der Waals surface area contributed by atoms with Crippen molar-refractivity contribution in [1.82, 2.24) is 0 Å². The maximum atomic E-state index is 13.3. The van der Waals surface area contributed by atoms with Gasteiger partial charge >= 0.3 is 0 Å². The van der Waals surface area contributed by atoms with Crippen LogP contribution in [0.3, 0.4) is 0 Å². The monoisotopic (exact) mass is 511 g/mol. The zero-order valence-corrected chi connectivity index (χ0v) is 23.2. The van der Waals surface area contributed by atoms with Crippen LogP contribution in [0.15, 0.2) is 87.5 Å². The lowest BCUT2D eigenvalue weighted by atomic mass is 9.45. The summed E-state index contributed by atoms with van der Waals surface area (Å²) >= 11 is 0. The quantitative estimate of drug-likeness (QED) is 0.285. The zero-order chi connectivity index (χ0) is 25.6. The number of hydrogen-bond acceptors (Lipinski definition) is 2. The predicted molar refractivity (Wildman–Crippen MR) is 151 cm³/mol. The van der Waals surface area contributed by atoms with Crippen molar-refractivity contribution in [3.63, 3.8) is 0 Å². The molecule has 3 aromatic carbocycles. The van der Waals surface area contributed by atoms with E-state index in [9.17, 15) is 4.79 Å². The molecule has 4 saturated carbocycles. The lowest BCUT2D eigenvalue weighted by Crippen LogP contribution is -2.52. The number of Topliss-reactive ketones (excluding diaryl/α,β-unsaturated/α-hetero) is 1. The topological polar surface area (TPSA) is 26.3 Å². The van der Waals surface area contributed by atoms with Gasteiger partial charge in [-0.2, -0.15) is 0 Å². The molecule has 7 rings (SSSR count). The fourth-order valence-corrected chi connectivity index (χ4v) is 10.2. The minimum Gasteiger partial charge on any atom is -0.485 e. The van der Waals surface area contributed by atoms with Crippen LogP contribution in [-0.4, -0.2) is 12.4 Å². The third kappa shape index (κ3) is 4.76. The molecule has 0 aliphatic heterocycles. The van der Waals surface area contributed by atoms with Crippen LogP contribution in [0, 0.1) is 42.9 Å². The number of hydrogen-bond donors (Lipinski definition) is 0. The lowest BCUT2D eigenvalue weighted by Gasteiger charge is -2.60. The molecule has 2 nitrogen and oxygen atoms in total. The fraction of sp³-hybridized carbons (Fsp3) is 0.441. The molecule has 0 heterocycles. The summed E-state index contributed by atoms with van der Waals surface area (Å²) in [6.07, 6.45) is 7.53. The molecule has 0 radical (unpaired) electrons.